The smallest absolute Gasteiger partial charge is 0.172 e. The minimum atomic E-state index is -0.0249. The van der Waals surface area contributed by atoms with E-state index >= 15 is 0 Å². The van der Waals surface area contributed by atoms with E-state index in [-0.39, 0.29) is 12.2 Å². The number of ether oxygens (including phenoxy) is 1. The lowest BCUT2D eigenvalue weighted by molar-refractivity contribution is 0.0987. The molecule has 2 aromatic rings. The fourth-order valence-electron chi connectivity index (χ4n) is 2.30. The van der Waals surface area contributed by atoms with Crippen LogP contribution in [0.4, 0.5) is 0 Å². The quantitative estimate of drug-likeness (QED) is 0.795. The standard InChI is InChI=1S/C16H19ClN2O2/c1-5-12-16(17)13(19(3)18-12)9-14(20)11-8-10(2)6-7-15(11)21-4/h6-8H,5,9H2,1-4H3. The van der Waals surface area contributed by atoms with Gasteiger partial charge in [-0.2, -0.15) is 5.10 Å². The summed E-state index contributed by atoms with van der Waals surface area (Å²) in [4.78, 5) is 12.6. The van der Waals surface area contributed by atoms with Gasteiger partial charge in [0.2, 0.25) is 0 Å². The van der Waals surface area contributed by atoms with E-state index in [1.54, 1.807) is 18.8 Å². The molecule has 0 N–H and O–H groups in total. The Bertz CT molecular complexity index is 677. The third-order valence-corrected chi connectivity index (χ3v) is 3.92. The number of hydrogen-bond acceptors (Lipinski definition) is 3. The zero-order chi connectivity index (χ0) is 15.6. The summed E-state index contributed by atoms with van der Waals surface area (Å²) in [7, 11) is 3.37. The number of rotatable bonds is 5. The minimum Gasteiger partial charge on any atom is -0.496 e. The molecule has 2 rings (SSSR count). The van der Waals surface area contributed by atoms with E-state index in [4.69, 9.17) is 16.3 Å². The lowest BCUT2D eigenvalue weighted by Gasteiger charge is -2.09. The molecule has 1 aromatic heterocycles. The number of carbonyl (C=O) groups excluding carboxylic acids is 1. The van der Waals surface area contributed by atoms with Gasteiger partial charge in [-0.25, -0.2) is 0 Å². The molecule has 0 aliphatic heterocycles. The van der Waals surface area contributed by atoms with E-state index in [0.29, 0.717) is 16.3 Å². The van der Waals surface area contributed by atoms with Crippen LogP contribution in [0.3, 0.4) is 0 Å². The van der Waals surface area contributed by atoms with Crippen molar-refractivity contribution in [1.82, 2.24) is 9.78 Å². The molecule has 0 bridgehead atoms. The van der Waals surface area contributed by atoms with Gasteiger partial charge in [-0.15, -0.1) is 0 Å². The maximum absolute atomic E-state index is 12.6. The third kappa shape index (κ3) is 3.10. The number of aromatic nitrogens is 2. The van der Waals surface area contributed by atoms with E-state index in [9.17, 15) is 4.79 Å². The van der Waals surface area contributed by atoms with Gasteiger partial charge in [-0.3, -0.25) is 9.48 Å². The van der Waals surface area contributed by atoms with E-state index in [1.165, 1.54) is 0 Å². The van der Waals surface area contributed by atoms with Crippen molar-refractivity contribution in [2.24, 2.45) is 7.05 Å². The molecule has 1 aromatic carbocycles. The van der Waals surface area contributed by atoms with Gasteiger partial charge in [0.15, 0.2) is 5.78 Å². The number of hydrogen-bond donors (Lipinski definition) is 0. The van der Waals surface area contributed by atoms with Crippen LogP contribution in [0, 0.1) is 6.92 Å². The van der Waals surface area contributed by atoms with Crippen molar-refractivity contribution in [3.63, 3.8) is 0 Å². The summed E-state index contributed by atoms with van der Waals surface area (Å²) >= 11 is 6.30. The van der Waals surface area contributed by atoms with Gasteiger partial charge >= 0.3 is 0 Å². The van der Waals surface area contributed by atoms with Crippen LogP contribution in [0.5, 0.6) is 5.75 Å². The van der Waals surface area contributed by atoms with Crippen LogP contribution in [-0.4, -0.2) is 22.7 Å². The topological polar surface area (TPSA) is 44.1 Å². The van der Waals surface area contributed by atoms with Crippen LogP contribution < -0.4 is 4.74 Å². The Labute approximate surface area is 129 Å². The van der Waals surface area contributed by atoms with Crippen LogP contribution in [0.2, 0.25) is 5.02 Å². The molecule has 0 radical (unpaired) electrons. The first-order chi connectivity index (χ1) is 9.97. The summed E-state index contributed by atoms with van der Waals surface area (Å²) in [5.41, 5.74) is 3.15. The SMILES string of the molecule is CCc1nn(C)c(CC(=O)c2cc(C)ccc2OC)c1Cl. The average Bonchev–Trinajstić information content (AvgIpc) is 2.74. The molecule has 0 amide bonds. The molecule has 112 valence electrons. The summed E-state index contributed by atoms with van der Waals surface area (Å²) in [5, 5.41) is 4.92. The fraction of sp³-hybridized carbons (Fsp3) is 0.375. The Hall–Kier alpha value is -1.81. The number of halogens is 1. The molecule has 0 saturated carbocycles. The van der Waals surface area contributed by atoms with Crippen molar-refractivity contribution in [1.29, 1.82) is 0 Å². The minimum absolute atomic E-state index is 0.0249. The molecule has 21 heavy (non-hydrogen) atoms. The van der Waals surface area contributed by atoms with E-state index in [1.807, 2.05) is 32.0 Å². The normalized spacial score (nSPS) is 10.7. The molecular formula is C16H19ClN2O2. The van der Waals surface area contributed by atoms with Gasteiger partial charge < -0.3 is 4.74 Å². The number of carbonyl (C=O) groups is 1. The number of Topliss-reactive ketones (excluding diaryl/α,β-unsaturated/α-hetero) is 1. The second-order valence-corrected chi connectivity index (χ2v) is 5.37. The van der Waals surface area contributed by atoms with Crippen molar-refractivity contribution in [2.75, 3.05) is 7.11 Å². The summed E-state index contributed by atoms with van der Waals surface area (Å²) in [6, 6.07) is 5.57. The third-order valence-electron chi connectivity index (χ3n) is 3.49. The van der Waals surface area contributed by atoms with Crippen molar-refractivity contribution < 1.29 is 9.53 Å². The number of methoxy groups -OCH3 is 1. The zero-order valence-electron chi connectivity index (χ0n) is 12.7. The number of nitrogens with zero attached hydrogens (tertiary/aromatic N) is 2. The Morgan fingerprint density at radius 2 is 2.14 bits per heavy atom. The van der Waals surface area contributed by atoms with Crippen LogP contribution in [0.15, 0.2) is 18.2 Å². The molecular weight excluding hydrogens is 288 g/mol. The summed E-state index contributed by atoms with van der Waals surface area (Å²) in [5.74, 6) is 0.558. The highest BCUT2D eigenvalue weighted by molar-refractivity contribution is 6.32. The molecule has 0 unspecified atom stereocenters. The first-order valence-corrected chi connectivity index (χ1v) is 7.23. The first kappa shape index (κ1) is 15.6. The van der Waals surface area contributed by atoms with Crippen LogP contribution in [0.1, 0.15) is 34.2 Å². The van der Waals surface area contributed by atoms with Crippen molar-refractivity contribution >= 4 is 17.4 Å². The van der Waals surface area contributed by atoms with E-state index < -0.39 is 0 Å². The first-order valence-electron chi connectivity index (χ1n) is 6.86. The van der Waals surface area contributed by atoms with Crippen LogP contribution in [0.25, 0.3) is 0 Å². The van der Waals surface area contributed by atoms with Crippen LogP contribution in [-0.2, 0) is 19.9 Å². The second-order valence-electron chi connectivity index (χ2n) is 4.99. The number of aryl methyl sites for hydroxylation is 3. The van der Waals surface area contributed by atoms with E-state index in [2.05, 4.69) is 5.10 Å². The summed E-state index contributed by atoms with van der Waals surface area (Å²) in [6.07, 6.45) is 0.955. The van der Waals surface area contributed by atoms with Gasteiger partial charge in [-0.1, -0.05) is 30.2 Å². The average molecular weight is 307 g/mol. The van der Waals surface area contributed by atoms with Gasteiger partial charge in [0, 0.05) is 7.05 Å². The maximum atomic E-state index is 12.6. The lowest BCUT2D eigenvalue weighted by Crippen LogP contribution is -2.10. The van der Waals surface area contributed by atoms with Crippen molar-refractivity contribution in [3.05, 3.63) is 45.7 Å². The Morgan fingerprint density at radius 3 is 2.71 bits per heavy atom. The zero-order valence-corrected chi connectivity index (χ0v) is 13.5. The molecule has 5 heteroatoms. The van der Waals surface area contributed by atoms with E-state index in [0.717, 1.165) is 23.4 Å². The summed E-state index contributed by atoms with van der Waals surface area (Å²) in [6.45, 7) is 3.94. The predicted octanol–water partition coefficient (Wildman–Crippen LogP) is 3.38. The highest BCUT2D eigenvalue weighted by Gasteiger charge is 2.19. The lowest BCUT2D eigenvalue weighted by atomic mass is 10.0. The highest BCUT2D eigenvalue weighted by atomic mass is 35.5. The van der Waals surface area contributed by atoms with Crippen LogP contribution >= 0.6 is 11.6 Å². The van der Waals surface area contributed by atoms with Crippen molar-refractivity contribution in [2.45, 2.75) is 26.7 Å². The molecule has 0 atom stereocenters. The molecule has 0 saturated heterocycles. The summed E-state index contributed by atoms with van der Waals surface area (Å²) < 4.78 is 6.95. The van der Waals surface area contributed by atoms with Gasteiger partial charge in [0.25, 0.3) is 0 Å². The molecule has 0 aliphatic rings. The maximum Gasteiger partial charge on any atom is 0.172 e. The predicted molar refractivity (Wildman–Crippen MR) is 83.4 cm³/mol. The Morgan fingerprint density at radius 1 is 1.43 bits per heavy atom. The molecule has 1 heterocycles. The molecule has 0 fully saturated rings. The Balaban J connectivity index is 2.34. The molecule has 0 aliphatic carbocycles. The fourth-order valence-corrected chi connectivity index (χ4v) is 2.66. The molecule has 4 nitrogen and oxygen atoms in total. The van der Waals surface area contributed by atoms with Gasteiger partial charge in [-0.05, 0) is 25.5 Å². The Kier molecular flexibility index (Phi) is 4.68. The largest absolute Gasteiger partial charge is 0.496 e. The second kappa shape index (κ2) is 6.31. The molecule has 0 spiro atoms. The number of ketones is 1. The number of benzene rings is 1. The van der Waals surface area contributed by atoms with Gasteiger partial charge in [0.05, 0.1) is 35.5 Å². The monoisotopic (exact) mass is 306 g/mol. The van der Waals surface area contributed by atoms with Gasteiger partial charge in [0.1, 0.15) is 5.75 Å². The highest BCUT2D eigenvalue weighted by Crippen LogP contribution is 2.25. The van der Waals surface area contributed by atoms with Crippen molar-refractivity contribution in [3.8, 4) is 5.75 Å².